The van der Waals surface area contributed by atoms with E-state index in [1.807, 2.05) is 0 Å². The Hall–Kier alpha value is -3.02. The fraction of sp³-hybridized carbons (Fsp3) is 0.214. The molecule has 10 nitrogen and oxygen atoms in total. The SMILES string of the molecule is NC(N)=NCCCc1nonc1-c1noc(=O)n1-c1ccc(F)c(Br)c1. The van der Waals surface area contributed by atoms with Crippen molar-refractivity contribution < 1.29 is 13.5 Å². The quantitative estimate of drug-likeness (QED) is 0.336. The molecule has 1 aromatic carbocycles. The van der Waals surface area contributed by atoms with Crippen LogP contribution < -0.4 is 17.2 Å². The number of nitrogens with zero attached hydrogens (tertiary/aromatic N) is 5. The van der Waals surface area contributed by atoms with Crippen LogP contribution in [0.3, 0.4) is 0 Å². The van der Waals surface area contributed by atoms with E-state index in [1.54, 1.807) is 0 Å². The van der Waals surface area contributed by atoms with E-state index in [9.17, 15) is 9.18 Å². The maximum absolute atomic E-state index is 13.5. The maximum Gasteiger partial charge on any atom is 0.446 e. The van der Waals surface area contributed by atoms with Crippen molar-refractivity contribution >= 4 is 21.9 Å². The molecule has 0 aliphatic rings. The van der Waals surface area contributed by atoms with Gasteiger partial charge in [0.1, 0.15) is 11.5 Å². The molecule has 26 heavy (non-hydrogen) atoms. The van der Waals surface area contributed by atoms with E-state index in [1.165, 1.54) is 18.2 Å². The van der Waals surface area contributed by atoms with E-state index in [2.05, 4.69) is 36.4 Å². The largest absolute Gasteiger partial charge is 0.446 e. The predicted molar refractivity (Wildman–Crippen MR) is 92.0 cm³/mol. The molecule has 0 radical (unpaired) electrons. The third-order valence-electron chi connectivity index (χ3n) is 3.40. The van der Waals surface area contributed by atoms with Gasteiger partial charge in [-0.05, 0) is 52.1 Å². The molecule has 0 atom stereocenters. The molecule has 3 rings (SSSR count). The molecular weight excluding hydrogens is 413 g/mol. The van der Waals surface area contributed by atoms with Gasteiger partial charge in [-0.15, -0.1) is 0 Å². The van der Waals surface area contributed by atoms with Crippen molar-refractivity contribution in [3.8, 4) is 17.2 Å². The molecule has 0 amide bonds. The summed E-state index contributed by atoms with van der Waals surface area (Å²) in [7, 11) is 0. The van der Waals surface area contributed by atoms with Crippen molar-refractivity contribution in [3.63, 3.8) is 0 Å². The number of guanidine groups is 1. The van der Waals surface area contributed by atoms with Gasteiger partial charge in [0.2, 0.25) is 5.82 Å². The Bertz CT molecular complexity index is 1010. The van der Waals surface area contributed by atoms with Crippen LogP contribution in [-0.2, 0) is 6.42 Å². The number of benzene rings is 1. The highest BCUT2D eigenvalue weighted by Crippen LogP contribution is 2.24. The second kappa shape index (κ2) is 7.47. The monoisotopic (exact) mass is 425 g/mol. The van der Waals surface area contributed by atoms with E-state index < -0.39 is 11.6 Å². The molecule has 0 aliphatic carbocycles. The third kappa shape index (κ3) is 3.64. The van der Waals surface area contributed by atoms with E-state index in [4.69, 9.17) is 20.6 Å². The molecule has 12 heteroatoms. The Morgan fingerprint density at radius 1 is 1.31 bits per heavy atom. The highest BCUT2D eigenvalue weighted by Gasteiger charge is 2.22. The lowest BCUT2D eigenvalue weighted by molar-refractivity contribution is 0.304. The van der Waals surface area contributed by atoms with Crippen molar-refractivity contribution in [2.24, 2.45) is 16.5 Å². The molecule has 0 fully saturated rings. The summed E-state index contributed by atoms with van der Waals surface area (Å²) in [5.74, 6) is -1.14. The second-order valence-corrected chi connectivity index (χ2v) is 6.03. The minimum Gasteiger partial charge on any atom is -0.370 e. The first kappa shape index (κ1) is 17.8. The predicted octanol–water partition coefficient (Wildman–Crippen LogP) is 0.983. The molecular formula is C14H13BrFN7O3. The number of nitrogens with two attached hydrogens (primary N) is 2. The zero-order valence-electron chi connectivity index (χ0n) is 13.2. The summed E-state index contributed by atoms with van der Waals surface area (Å²) in [6, 6.07) is 4.04. The molecule has 136 valence electrons. The van der Waals surface area contributed by atoms with Crippen LogP contribution >= 0.6 is 15.9 Å². The lowest BCUT2D eigenvalue weighted by Gasteiger charge is -2.04. The van der Waals surface area contributed by atoms with Crippen molar-refractivity contribution in [3.05, 3.63) is 44.7 Å². The first-order valence-electron chi connectivity index (χ1n) is 7.38. The van der Waals surface area contributed by atoms with Gasteiger partial charge < -0.3 is 11.5 Å². The van der Waals surface area contributed by atoms with Crippen LogP contribution in [0, 0.1) is 5.82 Å². The van der Waals surface area contributed by atoms with Gasteiger partial charge in [-0.2, -0.15) is 0 Å². The van der Waals surface area contributed by atoms with E-state index in [0.717, 1.165) is 4.57 Å². The van der Waals surface area contributed by atoms with Gasteiger partial charge in [-0.1, -0.05) is 10.3 Å². The summed E-state index contributed by atoms with van der Waals surface area (Å²) >= 11 is 3.08. The highest BCUT2D eigenvalue weighted by atomic mass is 79.9. The normalized spacial score (nSPS) is 10.8. The van der Waals surface area contributed by atoms with Crippen LogP contribution in [-0.4, -0.2) is 32.5 Å². The average Bonchev–Trinajstić information content (AvgIpc) is 3.20. The number of aryl methyl sites for hydroxylation is 1. The average molecular weight is 426 g/mol. The lowest BCUT2D eigenvalue weighted by Crippen LogP contribution is -2.23. The summed E-state index contributed by atoms with van der Waals surface area (Å²) < 4.78 is 24.3. The summed E-state index contributed by atoms with van der Waals surface area (Å²) in [5, 5.41) is 11.4. The fourth-order valence-corrected chi connectivity index (χ4v) is 2.61. The molecule has 3 aromatic rings. The van der Waals surface area contributed by atoms with Crippen LogP contribution in [0.1, 0.15) is 12.1 Å². The standard InChI is InChI=1S/C14H13BrFN7O3/c15-8-6-7(3-4-9(8)16)23-12(22-25-14(23)24)11-10(20-26-21-11)2-1-5-19-13(17)18/h3-4,6H,1-2,5H2,(H4,17,18,19). The molecule has 4 N–H and O–H groups in total. The number of hydrogen-bond donors (Lipinski definition) is 2. The van der Waals surface area contributed by atoms with E-state index in [-0.39, 0.29) is 22.0 Å². The summed E-state index contributed by atoms with van der Waals surface area (Å²) in [4.78, 5) is 16.0. The highest BCUT2D eigenvalue weighted by molar-refractivity contribution is 9.10. The van der Waals surface area contributed by atoms with Gasteiger partial charge >= 0.3 is 5.76 Å². The Balaban J connectivity index is 1.94. The smallest absolute Gasteiger partial charge is 0.370 e. The lowest BCUT2D eigenvalue weighted by atomic mass is 10.2. The number of hydrogen-bond acceptors (Lipinski definition) is 7. The maximum atomic E-state index is 13.5. The second-order valence-electron chi connectivity index (χ2n) is 5.18. The minimum absolute atomic E-state index is 0.00396. The zero-order valence-corrected chi connectivity index (χ0v) is 14.8. The zero-order chi connectivity index (χ0) is 18.7. The molecule has 0 unspecified atom stereocenters. The Kier molecular flexibility index (Phi) is 5.11. The number of halogens is 2. The fourth-order valence-electron chi connectivity index (χ4n) is 2.25. The van der Waals surface area contributed by atoms with Gasteiger partial charge in [0.15, 0.2) is 11.7 Å². The van der Waals surface area contributed by atoms with E-state index >= 15 is 0 Å². The first-order valence-corrected chi connectivity index (χ1v) is 8.18. The van der Waals surface area contributed by atoms with Gasteiger partial charge in [0.25, 0.3) is 0 Å². The third-order valence-corrected chi connectivity index (χ3v) is 4.01. The van der Waals surface area contributed by atoms with Crippen molar-refractivity contribution in [1.29, 1.82) is 0 Å². The van der Waals surface area contributed by atoms with Crippen molar-refractivity contribution in [2.45, 2.75) is 12.8 Å². The Morgan fingerprint density at radius 3 is 2.85 bits per heavy atom. The van der Waals surface area contributed by atoms with Gasteiger partial charge in [-0.3, -0.25) is 9.52 Å². The van der Waals surface area contributed by atoms with Crippen LogP contribution in [0.25, 0.3) is 17.2 Å². The molecule has 0 saturated heterocycles. The van der Waals surface area contributed by atoms with Crippen LogP contribution in [0.5, 0.6) is 0 Å². The first-order chi connectivity index (χ1) is 12.5. The van der Waals surface area contributed by atoms with Gasteiger partial charge in [0, 0.05) is 6.54 Å². The Morgan fingerprint density at radius 2 is 2.12 bits per heavy atom. The summed E-state index contributed by atoms with van der Waals surface area (Å²) in [6.45, 7) is 0.394. The molecule has 2 aromatic heterocycles. The minimum atomic E-state index is -0.757. The van der Waals surface area contributed by atoms with Crippen molar-refractivity contribution in [2.75, 3.05) is 6.54 Å². The topological polar surface area (TPSA) is 151 Å². The number of aliphatic imine (C=N–C) groups is 1. The van der Waals surface area contributed by atoms with Gasteiger partial charge in [-0.25, -0.2) is 18.4 Å². The summed E-state index contributed by atoms with van der Waals surface area (Å²) in [5.41, 5.74) is 11.6. The molecule has 0 spiro atoms. The van der Waals surface area contributed by atoms with Crippen LogP contribution in [0.15, 0.2) is 41.6 Å². The van der Waals surface area contributed by atoms with Crippen molar-refractivity contribution in [1.82, 2.24) is 20.0 Å². The van der Waals surface area contributed by atoms with E-state index in [0.29, 0.717) is 30.8 Å². The molecule has 2 heterocycles. The Labute approximate surface area is 153 Å². The van der Waals surface area contributed by atoms with Crippen LogP contribution in [0.4, 0.5) is 4.39 Å². The number of aromatic nitrogens is 4. The molecule has 0 bridgehead atoms. The number of rotatable bonds is 6. The molecule has 0 aliphatic heterocycles. The van der Waals surface area contributed by atoms with Crippen LogP contribution in [0.2, 0.25) is 0 Å². The van der Waals surface area contributed by atoms with Gasteiger partial charge in [0.05, 0.1) is 10.2 Å². The molecule has 0 saturated carbocycles. The summed E-state index contributed by atoms with van der Waals surface area (Å²) in [6.07, 6.45) is 1.01.